The molecule has 0 bridgehead atoms. The molecule has 2 aromatic rings. The monoisotopic (exact) mass is 371 g/mol. The third-order valence-electron chi connectivity index (χ3n) is 3.53. The fourth-order valence-electron chi connectivity index (χ4n) is 2.41. The number of carbonyl (C=O) groups is 3. The average Bonchev–Trinajstić information content (AvgIpc) is 2.65. The van der Waals surface area contributed by atoms with Gasteiger partial charge in [-0.3, -0.25) is 14.4 Å². The third kappa shape index (κ3) is 5.46. The number of nitrogens with one attached hydrogen (secondary N) is 3. The van der Waals surface area contributed by atoms with Crippen LogP contribution < -0.4 is 25.4 Å². The van der Waals surface area contributed by atoms with Gasteiger partial charge < -0.3 is 25.4 Å². The summed E-state index contributed by atoms with van der Waals surface area (Å²) in [5.74, 6) is -0.439. The molecule has 0 fully saturated rings. The van der Waals surface area contributed by atoms with Crippen molar-refractivity contribution in [2.45, 2.75) is 6.92 Å². The second kappa shape index (κ2) is 9.23. The predicted octanol–water partition coefficient (Wildman–Crippen LogP) is 2.03. The van der Waals surface area contributed by atoms with Crippen molar-refractivity contribution >= 4 is 29.1 Å². The number of rotatable bonds is 7. The lowest BCUT2D eigenvalue weighted by Gasteiger charge is -2.13. The zero-order chi connectivity index (χ0) is 19.8. The molecule has 0 saturated heterocycles. The summed E-state index contributed by atoms with van der Waals surface area (Å²) in [5.41, 5.74) is 1.27. The summed E-state index contributed by atoms with van der Waals surface area (Å²) >= 11 is 0. The first-order valence-corrected chi connectivity index (χ1v) is 8.11. The molecular formula is C19H21N3O5. The Kier molecular flexibility index (Phi) is 6.76. The van der Waals surface area contributed by atoms with E-state index >= 15 is 0 Å². The molecule has 2 rings (SSSR count). The molecule has 0 spiro atoms. The van der Waals surface area contributed by atoms with Gasteiger partial charge in [-0.05, 0) is 30.3 Å². The number of hydrogen-bond acceptors (Lipinski definition) is 5. The van der Waals surface area contributed by atoms with Crippen LogP contribution in [0.2, 0.25) is 0 Å². The lowest BCUT2D eigenvalue weighted by Crippen LogP contribution is -2.33. The predicted molar refractivity (Wildman–Crippen MR) is 101 cm³/mol. The van der Waals surface area contributed by atoms with Crippen LogP contribution in [-0.2, 0) is 9.59 Å². The Labute approximate surface area is 156 Å². The molecule has 3 amide bonds. The molecule has 8 nitrogen and oxygen atoms in total. The zero-order valence-corrected chi connectivity index (χ0v) is 15.3. The van der Waals surface area contributed by atoms with Crippen LogP contribution in [0.25, 0.3) is 0 Å². The second-order valence-corrected chi connectivity index (χ2v) is 5.53. The molecule has 27 heavy (non-hydrogen) atoms. The van der Waals surface area contributed by atoms with Crippen LogP contribution >= 0.6 is 0 Å². The largest absolute Gasteiger partial charge is 0.496 e. The molecule has 0 saturated carbocycles. The van der Waals surface area contributed by atoms with Crippen molar-refractivity contribution in [2.75, 3.05) is 31.4 Å². The van der Waals surface area contributed by atoms with Gasteiger partial charge in [0.25, 0.3) is 5.91 Å². The molecule has 142 valence electrons. The lowest BCUT2D eigenvalue weighted by atomic mass is 10.1. The summed E-state index contributed by atoms with van der Waals surface area (Å²) in [4.78, 5) is 35.6. The molecule has 3 N–H and O–H groups in total. The van der Waals surface area contributed by atoms with Crippen molar-refractivity contribution in [1.82, 2.24) is 5.32 Å². The minimum absolute atomic E-state index is 0.211. The minimum Gasteiger partial charge on any atom is -0.496 e. The van der Waals surface area contributed by atoms with E-state index in [4.69, 9.17) is 9.47 Å². The highest BCUT2D eigenvalue weighted by Crippen LogP contribution is 2.27. The Morgan fingerprint density at radius 1 is 0.889 bits per heavy atom. The molecule has 0 unspecified atom stereocenters. The van der Waals surface area contributed by atoms with Gasteiger partial charge in [-0.1, -0.05) is 12.1 Å². The van der Waals surface area contributed by atoms with E-state index in [1.165, 1.54) is 21.1 Å². The van der Waals surface area contributed by atoms with E-state index in [9.17, 15) is 14.4 Å². The maximum absolute atomic E-state index is 12.4. The Morgan fingerprint density at radius 3 is 2.00 bits per heavy atom. The van der Waals surface area contributed by atoms with Gasteiger partial charge in [0.1, 0.15) is 17.1 Å². The fraction of sp³-hybridized carbons (Fsp3) is 0.211. The first-order chi connectivity index (χ1) is 12.9. The minimum atomic E-state index is -0.494. The number of ether oxygens (including phenoxy) is 2. The van der Waals surface area contributed by atoms with Gasteiger partial charge >= 0.3 is 0 Å². The van der Waals surface area contributed by atoms with Crippen LogP contribution in [0, 0.1) is 0 Å². The fourth-order valence-corrected chi connectivity index (χ4v) is 2.41. The number of benzene rings is 2. The molecule has 2 aromatic carbocycles. The Morgan fingerprint density at radius 2 is 1.44 bits per heavy atom. The maximum atomic E-state index is 12.4. The topological polar surface area (TPSA) is 106 Å². The SMILES string of the molecule is COc1cccc(OC)c1C(=O)NCC(=O)Nc1cccc(NC(C)=O)c1. The molecule has 0 heterocycles. The summed E-state index contributed by atoms with van der Waals surface area (Å²) < 4.78 is 10.4. The molecule has 0 radical (unpaired) electrons. The zero-order valence-electron chi connectivity index (χ0n) is 15.3. The Bertz CT molecular complexity index is 829. The number of carbonyl (C=O) groups excluding carboxylic acids is 3. The first-order valence-electron chi connectivity index (χ1n) is 8.11. The molecule has 0 aliphatic rings. The standard InChI is InChI=1S/C19H21N3O5/c1-12(23)21-13-6-4-7-14(10-13)22-17(24)11-20-19(25)18-15(26-2)8-5-9-16(18)27-3/h4-10H,11H2,1-3H3,(H,20,25)(H,21,23)(H,22,24). The van der Waals surface area contributed by atoms with Gasteiger partial charge in [-0.25, -0.2) is 0 Å². The second-order valence-electron chi connectivity index (χ2n) is 5.53. The summed E-state index contributed by atoms with van der Waals surface area (Å²) in [7, 11) is 2.89. The third-order valence-corrected chi connectivity index (χ3v) is 3.53. The number of amides is 3. The van der Waals surface area contributed by atoms with E-state index in [0.29, 0.717) is 22.9 Å². The van der Waals surface area contributed by atoms with E-state index < -0.39 is 11.8 Å². The average molecular weight is 371 g/mol. The highest BCUT2D eigenvalue weighted by atomic mass is 16.5. The van der Waals surface area contributed by atoms with Crippen LogP contribution in [0.15, 0.2) is 42.5 Å². The molecule has 0 aliphatic carbocycles. The molecule has 0 aliphatic heterocycles. The summed E-state index contributed by atoms with van der Waals surface area (Å²) in [6, 6.07) is 11.6. The molecule has 8 heteroatoms. The number of anilines is 2. The van der Waals surface area contributed by atoms with Crippen LogP contribution in [-0.4, -0.2) is 38.5 Å². The van der Waals surface area contributed by atoms with Gasteiger partial charge in [-0.15, -0.1) is 0 Å². The van der Waals surface area contributed by atoms with Crippen molar-refractivity contribution in [1.29, 1.82) is 0 Å². The smallest absolute Gasteiger partial charge is 0.259 e. The number of methoxy groups -OCH3 is 2. The van der Waals surface area contributed by atoms with Crippen molar-refractivity contribution in [2.24, 2.45) is 0 Å². The first kappa shape index (κ1) is 19.8. The van der Waals surface area contributed by atoms with E-state index in [-0.39, 0.29) is 18.0 Å². The highest BCUT2D eigenvalue weighted by molar-refractivity contribution is 6.03. The van der Waals surface area contributed by atoms with Crippen LogP contribution in [0.1, 0.15) is 17.3 Å². The Hall–Kier alpha value is -3.55. The normalized spacial score (nSPS) is 9.89. The van der Waals surface area contributed by atoms with Crippen molar-refractivity contribution in [3.8, 4) is 11.5 Å². The van der Waals surface area contributed by atoms with Crippen LogP contribution in [0.5, 0.6) is 11.5 Å². The van der Waals surface area contributed by atoms with Gasteiger partial charge in [0.15, 0.2) is 0 Å². The Balaban J connectivity index is 2.00. The number of hydrogen-bond donors (Lipinski definition) is 3. The molecule has 0 aromatic heterocycles. The summed E-state index contributed by atoms with van der Waals surface area (Å²) in [6.45, 7) is 1.15. The van der Waals surface area contributed by atoms with Crippen molar-refractivity contribution in [3.63, 3.8) is 0 Å². The molecular weight excluding hydrogens is 350 g/mol. The van der Waals surface area contributed by atoms with E-state index in [0.717, 1.165) is 0 Å². The van der Waals surface area contributed by atoms with Crippen molar-refractivity contribution in [3.05, 3.63) is 48.0 Å². The van der Waals surface area contributed by atoms with Crippen molar-refractivity contribution < 1.29 is 23.9 Å². The molecule has 0 atom stereocenters. The van der Waals surface area contributed by atoms with Gasteiger partial charge in [0.05, 0.1) is 20.8 Å². The summed E-state index contributed by atoms with van der Waals surface area (Å²) in [5, 5.41) is 7.81. The van der Waals surface area contributed by atoms with Crippen LogP contribution in [0.3, 0.4) is 0 Å². The van der Waals surface area contributed by atoms with Gasteiger partial charge in [0, 0.05) is 18.3 Å². The highest BCUT2D eigenvalue weighted by Gasteiger charge is 2.18. The van der Waals surface area contributed by atoms with Gasteiger partial charge in [-0.2, -0.15) is 0 Å². The summed E-state index contributed by atoms with van der Waals surface area (Å²) in [6.07, 6.45) is 0. The maximum Gasteiger partial charge on any atom is 0.259 e. The van der Waals surface area contributed by atoms with E-state index in [1.807, 2.05) is 0 Å². The van der Waals surface area contributed by atoms with E-state index in [1.54, 1.807) is 42.5 Å². The van der Waals surface area contributed by atoms with E-state index in [2.05, 4.69) is 16.0 Å². The van der Waals surface area contributed by atoms with Gasteiger partial charge in [0.2, 0.25) is 11.8 Å². The van der Waals surface area contributed by atoms with Crippen LogP contribution in [0.4, 0.5) is 11.4 Å². The lowest BCUT2D eigenvalue weighted by molar-refractivity contribution is -0.115. The quantitative estimate of drug-likeness (QED) is 0.691.